The monoisotopic (exact) mass is 291 g/mol. The van der Waals surface area contributed by atoms with Crippen molar-refractivity contribution in [3.8, 4) is 17.1 Å². The summed E-state index contributed by atoms with van der Waals surface area (Å²) >= 11 is 0. The van der Waals surface area contributed by atoms with Gasteiger partial charge in [0.15, 0.2) is 0 Å². The van der Waals surface area contributed by atoms with E-state index in [0.717, 1.165) is 6.54 Å². The van der Waals surface area contributed by atoms with Gasteiger partial charge in [0.2, 0.25) is 0 Å². The van der Waals surface area contributed by atoms with Crippen LogP contribution in [-0.4, -0.2) is 4.57 Å². The van der Waals surface area contributed by atoms with E-state index in [-0.39, 0.29) is 0 Å². The summed E-state index contributed by atoms with van der Waals surface area (Å²) in [6.45, 7) is 9.69. The molecule has 0 fully saturated rings. The molecule has 2 aromatic carbocycles. The van der Waals surface area contributed by atoms with Gasteiger partial charge in [0, 0.05) is 0 Å². The zero-order valence-corrected chi connectivity index (χ0v) is 13.8. The van der Waals surface area contributed by atoms with E-state index >= 15 is 0 Å². The second kappa shape index (κ2) is 5.80. The zero-order valence-electron chi connectivity index (χ0n) is 13.8. The molecule has 112 valence electrons. The lowest BCUT2D eigenvalue weighted by atomic mass is 10.1. The zero-order chi connectivity index (χ0) is 15.7. The van der Waals surface area contributed by atoms with E-state index in [1.807, 2.05) is 0 Å². The van der Waals surface area contributed by atoms with Crippen molar-refractivity contribution in [2.75, 3.05) is 0 Å². The Labute approximate surface area is 132 Å². The Bertz CT molecular complexity index is 792. The van der Waals surface area contributed by atoms with Gasteiger partial charge < -0.3 is 0 Å². The quantitative estimate of drug-likeness (QED) is 0.633. The third-order valence-corrected chi connectivity index (χ3v) is 4.30. The lowest BCUT2D eigenvalue weighted by molar-refractivity contribution is -0.681. The van der Waals surface area contributed by atoms with E-state index in [0.29, 0.717) is 0 Å². The minimum atomic E-state index is 0.960. The molecule has 0 bridgehead atoms. The summed E-state index contributed by atoms with van der Waals surface area (Å²) in [6.07, 6.45) is 4.36. The second-order valence-corrected chi connectivity index (χ2v) is 5.83. The molecule has 0 N–H and O–H groups in total. The van der Waals surface area contributed by atoms with Gasteiger partial charge in [-0.25, -0.2) is 4.57 Å². The van der Waals surface area contributed by atoms with Gasteiger partial charge in [-0.2, -0.15) is 4.57 Å². The third-order valence-electron chi connectivity index (χ3n) is 4.30. The number of hydrogen-bond donors (Lipinski definition) is 0. The molecule has 2 nitrogen and oxygen atoms in total. The van der Waals surface area contributed by atoms with Crippen molar-refractivity contribution in [2.45, 2.75) is 34.2 Å². The highest BCUT2D eigenvalue weighted by Crippen LogP contribution is 2.26. The molecule has 0 aliphatic heterocycles. The summed E-state index contributed by atoms with van der Waals surface area (Å²) in [5, 5.41) is 0. The average Bonchev–Trinajstić information content (AvgIpc) is 2.91. The van der Waals surface area contributed by atoms with Gasteiger partial charge in [-0.05, 0) is 50.5 Å². The molecule has 2 heteroatoms. The van der Waals surface area contributed by atoms with Crippen LogP contribution < -0.4 is 4.57 Å². The Morgan fingerprint density at radius 3 is 2.14 bits per heavy atom. The maximum atomic E-state index is 2.33. The van der Waals surface area contributed by atoms with Crippen molar-refractivity contribution in [2.24, 2.45) is 0 Å². The molecule has 0 aliphatic rings. The van der Waals surface area contributed by atoms with E-state index in [1.54, 1.807) is 0 Å². The molecule has 0 aliphatic carbocycles. The Balaban J connectivity index is 2.32. The number of nitrogens with zero attached hydrogens (tertiary/aromatic N) is 2. The van der Waals surface area contributed by atoms with E-state index in [1.165, 1.54) is 33.8 Å². The highest BCUT2D eigenvalue weighted by atomic mass is 15.2. The van der Waals surface area contributed by atoms with Gasteiger partial charge in [-0.1, -0.05) is 36.4 Å². The van der Waals surface area contributed by atoms with Crippen molar-refractivity contribution >= 4 is 0 Å². The predicted molar refractivity (Wildman–Crippen MR) is 91.3 cm³/mol. The van der Waals surface area contributed by atoms with Gasteiger partial charge in [0.05, 0.1) is 12.1 Å². The number of hydrogen-bond acceptors (Lipinski definition) is 0. The second-order valence-electron chi connectivity index (χ2n) is 5.83. The molecule has 0 spiro atoms. The van der Waals surface area contributed by atoms with Crippen LogP contribution in [0.5, 0.6) is 0 Å². The van der Waals surface area contributed by atoms with E-state index in [4.69, 9.17) is 0 Å². The number of rotatable bonds is 3. The topological polar surface area (TPSA) is 8.81 Å². The summed E-state index contributed by atoms with van der Waals surface area (Å²) in [5.74, 6) is 1.25. The summed E-state index contributed by atoms with van der Waals surface area (Å²) in [7, 11) is 0. The first-order chi connectivity index (χ1) is 10.6. The minimum Gasteiger partial charge on any atom is -0.230 e. The van der Waals surface area contributed by atoms with Crippen LogP contribution in [0.2, 0.25) is 0 Å². The summed E-state index contributed by atoms with van der Waals surface area (Å²) < 4.78 is 4.64. The highest BCUT2D eigenvalue weighted by Gasteiger charge is 2.23. The van der Waals surface area contributed by atoms with E-state index in [9.17, 15) is 0 Å². The molecule has 22 heavy (non-hydrogen) atoms. The molecule has 0 atom stereocenters. The SMILES string of the molecule is CC[n+]1ccn(-c2c(C)cccc2C)c1-c1ccccc1C. The standard InChI is InChI=1S/C20H23N2/c1-5-21-13-14-22(19-16(3)10-8-11-17(19)4)20(21)18-12-7-6-9-15(18)2/h6-14H,5H2,1-4H3/q+1. The maximum absolute atomic E-state index is 2.33. The van der Waals surface area contributed by atoms with Crippen LogP contribution in [0.3, 0.4) is 0 Å². The lowest BCUT2D eigenvalue weighted by Crippen LogP contribution is -2.33. The van der Waals surface area contributed by atoms with Gasteiger partial charge in [-0.3, -0.25) is 0 Å². The number of benzene rings is 2. The fourth-order valence-corrected chi connectivity index (χ4v) is 3.16. The Morgan fingerprint density at radius 2 is 1.50 bits per heavy atom. The number of aromatic nitrogens is 2. The molecule has 0 radical (unpaired) electrons. The van der Waals surface area contributed by atoms with Crippen LogP contribution in [0.4, 0.5) is 0 Å². The van der Waals surface area contributed by atoms with Crippen LogP contribution in [0.25, 0.3) is 17.1 Å². The predicted octanol–water partition coefficient (Wildman–Crippen LogP) is 4.38. The van der Waals surface area contributed by atoms with Crippen LogP contribution in [-0.2, 0) is 6.54 Å². The third kappa shape index (κ3) is 2.35. The average molecular weight is 291 g/mol. The summed E-state index contributed by atoms with van der Waals surface area (Å²) in [4.78, 5) is 0. The van der Waals surface area contributed by atoms with Crippen molar-refractivity contribution in [3.63, 3.8) is 0 Å². The Hall–Kier alpha value is -2.35. The molecule has 0 saturated carbocycles. The maximum Gasteiger partial charge on any atom is 0.294 e. The molecule has 0 amide bonds. The van der Waals surface area contributed by atoms with Gasteiger partial charge in [0.25, 0.3) is 5.82 Å². The van der Waals surface area contributed by atoms with E-state index in [2.05, 4.69) is 91.7 Å². The normalized spacial score (nSPS) is 10.9. The van der Waals surface area contributed by atoms with Crippen molar-refractivity contribution in [3.05, 3.63) is 71.5 Å². The molecular weight excluding hydrogens is 268 g/mol. The molecule has 3 rings (SSSR count). The van der Waals surface area contributed by atoms with Crippen LogP contribution in [0.15, 0.2) is 54.9 Å². The summed E-state index contributed by atoms with van der Waals surface area (Å²) in [5.41, 5.74) is 6.48. The van der Waals surface area contributed by atoms with E-state index < -0.39 is 0 Å². The van der Waals surface area contributed by atoms with Gasteiger partial charge >= 0.3 is 0 Å². The van der Waals surface area contributed by atoms with Gasteiger partial charge in [0.1, 0.15) is 18.1 Å². The molecule has 3 aromatic rings. The Kier molecular flexibility index (Phi) is 3.84. The fourth-order valence-electron chi connectivity index (χ4n) is 3.16. The van der Waals surface area contributed by atoms with Gasteiger partial charge in [-0.15, -0.1) is 0 Å². The Morgan fingerprint density at radius 1 is 0.864 bits per heavy atom. The first-order valence-electron chi connectivity index (χ1n) is 7.87. The van der Waals surface area contributed by atoms with Crippen molar-refractivity contribution < 1.29 is 4.57 Å². The lowest BCUT2D eigenvalue weighted by Gasteiger charge is -2.10. The summed E-state index contributed by atoms with van der Waals surface area (Å²) in [6, 6.07) is 15.1. The van der Waals surface area contributed by atoms with Crippen molar-refractivity contribution in [1.82, 2.24) is 4.57 Å². The van der Waals surface area contributed by atoms with Crippen molar-refractivity contribution in [1.29, 1.82) is 0 Å². The van der Waals surface area contributed by atoms with Crippen LogP contribution >= 0.6 is 0 Å². The molecule has 1 aromatic heterocycles. The molecular formula is C20H23N2+. The first-order valence-corrected chi connectivity index (χ1v) is 7.87. The van der Waals surface area contributed by atoms with Crippen LogP contribution in [0, 0.1) is 20.8 Å². The first kappa shape index (κ1) is 14.6. The molecule has 0 unspecified atom stereocenters. The largest absolute Gasteiger partial charge is 0.294 e. The fraction of sp³-hybridized carbons (Fsp3) is 0.250. The minimum absolute atomic E-state index is 0.960. The molecule has 1 heterocycles. The number of para-hydroxylation sites is 1. The molecule has 0 saturated heterocycles. The number of aryl methyl sites for hydroxylation is 4. The number of imidazole rings is 1. The van der Waals surface area contributed by atoms with Crippen LogP contribution in [0.1, 0.15) is 23.6 Å². The highest BCUT2D eigenvalue weighted by molar-refractivity contribution is 5.62. The smallest absolute Gasteiger partial charge is 0.230 e.